The third-order valence-corrected chi connectivity index (χ3v) is 11.2. The number of carbonyl (C=O) groups excluding carboxylic acids is 1. The van der Waals surface area contributed by atoms with Crippen molar-refractivity contribution in [2.75, 3.05) is 52.9 Å². The molecule has 0 aliphatic carbocycles. The Bertz CT molecular complexity index is 1430. The van der Waals surface area contributed by atoms with Crippen molar-refractivity contribution in [1.82, 2.24) is 29.6 Å². The fourth-order valence-electron chi connectivity index (χ4n) is 8.24. The highest BCUT2D eigenvalue weighted by Gasteiger charge is 2.43. The van der Waals surface area contributed by atoms with Gasteiger partial charge in [-0.25, -0.2) is 9.97 Å². The molecule has 0 saturated carbocycles. The number of piperazine rings is 1. The van der Waals surface area contributed by atoms with E-state index < -0.39 is 0 Å². The fraction of sp³-hybridized carbons (Fsp3) is 0.553. The van der Waals surface area contributed by atoms with Gasteiger partial charge in [0, 0.05) is 56.9 Å². The molecule has 3 aliphatic rings. The van der Waals surface area contributed by atoms with Crippen LogP contribution >= 0.6 is 0 Å². The van der Waals surface area contributed by atoms with Crippen molar-refractivity contribution in [3.8, 4) is 5.75 Å². The Balaban J connectivity index is 1.08. The lowest BCUT2D eigenvalue weighted by atomic mass is 9.82. The Morgan fingerprint density at radius 3 is 2.17 bits per heavy atom. The topological polar surface area (TPSA) is 65.0 Å². The molecule has 0 N–H and O–H groups in total. The van der Waals surface area contributed by atoms with Crippen LogP contribution in [0.25, 0.3) is 0 Å². The molecule has 3 aromatic rings. The number of hydrogen-bond donors (Lipinski definition) is 0. The summed E-state index contributed by atoms with van der Waals surface area (Å²) >= 11 is 0. The summed E-state index contributed by atoms with van der Waals surface area (Å²) in [5.41, 5.74) is 5.13. The van der Waals surface area contributed by atoms with Crippen LogP contribution in [0, 0.1) is 19.8 Å². The molecule has 46 heavy (non-hydrogen) atoms. The van der Waals surface area contributed by atoms with E-state index in [9.17, 15) is 4.79 Å². The summed E-state index contributed by atoms with van der Waals surface area (Å²) < 4.78 is 5.35. The number of nitrogens with zero attached hydrogens (tertiary/aromatic N) is 6. The van der Waals surface area contributed by atoms with Gasteiger partial charge in [0.15, 0.2) is 0 Å². The second-order valence-electron chi connectivity index (χ2n) is 14.1. The molecule has 0 spiro atoms. The largest absolute Gasteiger partial charge is 0.497 e. The van der Waals surface area contributed by atoms with Gasteiger partial charge in [0.05, 0.1) is 24.1 Å². The van der Waals surface area contributed by atoms with E-state index >= 15 is 0 Å². The highest BCUT2D eigenvalue weighted by atomic mass is 16.5. The van der Waals surface area contributed by atoms with E-state index in [1.807, 2.05) is 18.7 Å². The number of aromatic nitrogens is 2. The summed E-state index contributed by atoms with van der Waals surface area (Å²) in [6.45, 7) is 16.7. The number of aryl methyl sites for hydroxylation is 2. The van der Waals surface area contributed by atoms with Crippen molar-refractivity contribution in [3.63, 3.8) is 0 Å². The summed E-state index contributed by atoms with van der Waals surface area (Å²) in [5, 5.41) is 0. The average molecular weight is 625 g/mol. The van der Waals surface area contributed by atoms with Gasteiger partial charge in [0.2, 0.25) is 0 Å². The number of hydrogen-bond acceptors (Lipinski definition) is 7. The highest BCUT2D eigenvalue weighted by Crippen LogP contribution is 2.40. The minimum Gasteiger partial charge on any atom is -0.497 e. The van der Waals surface area contributed by atoms with Gasteiger partial charge in [0.25, 0.3) is 5.91 Å². The predicted octanol–water partition coefficient (Wildman–Crippen LogP) is 5.76. The number of amides is 1. The molecule has 1 aromatic heterocycles. The van der Waals surface area contributed by atoms with Crippen molar-refractivity contribution in [2.24, 2.45) is 5.92 Å². The Labute approximate surface area is 275 Å². The lowest BCUT2D eigenvalue weighted by molar-refractivity contribution is -0.0439. The molecular weight excluding hydrogens is 572 g/mol. The van der Waals surface area contributed by atoms with Gasteiger partial charge in [-0.1, -0.05) is 42.5 Å². The number of likely N-dealkylation sites (tertiary alicyclic amines) is 2. The molecule has 8 heteroatoms. The monoisotopic (exact) mass is 624 g/mol. The minimum atomic E-state index is 0.0802. The molecule has 2 atom stereocenters. The third-order valence-electron chi connectivity index (χ3n) is 11.2. The van der Waals surface area contributed by atoms with Gasteiger partial charge < -0.3 is 9.64 Å². The maximum Gasteiger partial charge on any atom is 0.257 e. The average Bonchev–Trinajstić information content (AvgIpc) is 3.07. The fourth-order valence-corrected chi connectivity index (χ4v) is 8.24. The van der Waals surface area contributed by atoms with Crippen molar-refractivity contribution < 1.29 is 9.53 Å². The summed E-state index contributed by atoms with van der Waals surface area (Å²) in [6, 6.07) is 20.7. The first-order valence-corrected chi connectivity index (χ1v) is 17.2. The number of ether oxygens (including phenoxy) is 1. The summed E-state index contributed by atoms with van der Waals surface area (Å²) in [7, 11) is 1.72. The van der Waals surface area contributed by atoms with Gasteiger partial charge in [-0.05, 0) is 95.6 Å². The summed E-state index contributed by atoms with van der Waals surface area (Å²) in [5.74, 6) is 1.64. The first-order chi connectivity index (χ1) is 22.3. The smallest absolute Gasteiger partial charge is 0.257 e. The van der Waals surface area contributed by atoms with Gasteiger partial charge in [-0.2, -0.15) is 0 Å². The van der Waals surface area contributed by atoms with Crippen LogP contribution in [0.1, 0.15) is 78.4 Å². The molecule has 246 valence electrons. The van der Waals surface area contributed by atoms with Crippen LogP contribution in [-0.4, -0.2) is 100.0 Å². The maximum atomic E-state index is 13.4. The molecule has 3 fully saturated rings. The van der Waals surface area contributed by atoms with Crippen molar-refractivity contribution in [2.45, 2.75) is 77.5 Å². The van der Waals surface area contributed by atoms with Crippen LogP contribution in [-0.2, 0) is 6.54 Å². The van der Waals surface area contributed by atoms with E-state index in [0.29, 0.717) is 23.6 Å². The van der Waals surface area contributed by atoms with Gasteiger partial charge in [0.1, 0.15) is 12.1 Å². The molecule has 8 nitrogen and oxygen atoms in total. The molecule has 0 radical (unpaired) electrons. The van der Waals surface area contributed by atoms with E-state index in [1.54, 1.807) is 13.4 Å². The Kier molecular flexibility index (Phi) is 10.1. The lowest BCUT2D eigenvalue weighted by Gasteiger charge is -2.54. The molecule has 3 aliphatic heterocycles. The molecule has 4 heterocycles. The Morgan fingerprint density at radius 1 is 0.913 bits per heavy atom. The zero-order valence-corrected chi connectivity index (χ0v) is 28.5. The van der Waals surface area contributed by atoms with E-state index in [-0.39, 0.29) is 11.4 Å². The number of rotatable bonds is 8. The van der Waals surface area contributed by atoms with Crippen molar-refractivity contribution >= 4 is 5.91 Å². The Morgan fingerprint density at radius 2 is 1.57 bits per heavy atom. The van der Waals surface area contributed by atoms with E-state index in [0.717, 1.165) is 82.3 Å². The molecule has 6 rings (SSSR count). The van der Waals surface area contributed by atoms with Gasteiger partial charge in [-0.3, -0.25) is 19.5 Å². The summed E-state index contributed by atoms with van der Waals surface area (Å²) in [6.07, 6.45) is 5.97. The molecule has 3 saturated heterocycles. The third kappa shape index (κ3) is 6.99. The van der Waals surface area contributed by atoms with Crippen LogP contribution in [0.3, 0.4) is 0 Å². The standard InChI is InChI=1S/C38H52N6O2/c1-28-25-43(38(4)17-21-42(22-18-38)37(45)35-29(2)39-27-40-30(35)3)23-24-44(28)36(32-9-7-6-8-10-32)33-15-19-41(20-16-33)26-31-11-13-34(46-5)14-12-31/h6-14,27-28,33,36H,15-26H2,1-5H3/t28-,36+/m0/s1. The predicted molar refractivity (Wildman–Crippen MR) is 183 cm³/mol. The van der Waals surface area contributed by atoms with E-state index in [2.05, 4.69) is 93.1 Å². The first kappa shape index (κ1) is 32.6. The number of methoxy groups -OCH3 is 1. The quantitative estimate of drug-likeness (QED) is 0.316. The number of benzene rings is 2. The van der Waals surface area contributed by atoms with E-state index in [1.165, 1.54) is 24.0 Å². The molecule has 0 unspecified atom stereocenters. The van der Waals surface area contributed by atoms with Crippen LogP contribution in [0.15, 0.2) is 60.9 Å². The van der Waals surface area contributed by atoms with Crippen molar-refractivity contribution in [3.05, 3.63) is 89.0 Å². The second-order valence-corrected chi connectivity index (χ2v) is 14.1. The molecule has 2 aromatic carbocycles. The van der Waals surface area contributed by atoms with Crippen LogP contribution < -0.4 is 4.74 Å². The van der Waals surface area contributed by atoms with Crippen LogP contribution in [0.2, 0.25) is 0 Å². The molecular formula is C38H52N6O2. The van der Waals surface area contributed by atoms with E-state index in [4.69, 9.17) is 4.74 Å². The van der Waals surface area contributed by atoms with Gasteiger partial charge in [-0.15, -0.1) is 0 Å². The second kappa shape index (κ2) is 14.2. The first-order valence-electron chi connectivity index (χ1n) is 17.2. The SMILES string of the molecule is COc1ccc(CN2CCC([C@@H](c3ccccc3)N3CCN(C4(C)CCN(C(=O)c5c(C)ncnc5C)CC4)C[C@@H]3C)CC2)cc1. The number of carbonyl (C=O) groups is 1. The summed E-state index contributed by atoms with van der Waals surface area (Å²) in [4.78, 5) is 32.2. The Hall–Kier alpha value is -3.33. The number of piperidine rings is 2. The lowest BCUT2D eigenvalue weighted by Crippen LogP contribution is -2.63. The maximum absolute atomic E-state index is 13.4. The zero-order chi connectivity index (χ0) is 32.3. The van der Waals surface area contributed by atoms with Crippen LogP contribution in [0.4, 0.5) is 0 Å². The van der Waals surface area contributed by atoms with Gasteiger partial charge >= 0.3 is 0 Å². The van der Waals surface area contributed by atoms with Crippen molar-refractivity contribution in [1.29, 1.82) is 0 Å². The normalized spacial score (nSPS) is 22.5. The molecule has 0 bridgehead atoms. The molecule has 1 amide bonds. The highest BCUT2D eigenvalue weighted by molar-refractivity contribution is 5.96. The minimum absolute atomic E-state index is 0.0802. The zero-order valence-electron chi connectivity index (χ0n) is 28.5. The van der Waals surface area contributed by atoms with Crippen LogP contribution in [0.5, 0.6) is 5.75 Å².